The number of methoxy groups -OCH3 is 1. The number of rotatable bonds is 8. The number of hydrogen-bond acceptors (Lipinski definition) is 7. The van der Waals surface area contributed by atoms with Crippen LogP contribution in [0.1, 0.15) is 48.1 Å². The Morgan fingerprint density at radius 2 is 2.00 bits per heavy atom. The van der Waals surface area contributed by atoms with Gasteiger partial charge in [-0.2, -0.15) is 0 Å². The molecule has 1 aliphatic carbocycles. The first-order chi connectivity index (χ1) is 16.5. The molecule has 4 rings (SSSR count). The van der Waals surface area contributed by atoms with Gasteiger partial charge < -0.3 is 10.1 Å². The second kappa shape index (κ2) is 11.2. The number of nitrogens with zero attached hydrogens (tertiary/aromatic N) is 2. The van der Waals surface area contributed by atoms with E-state index < -0.39 is 0 Å². The molecule has 34 heavy (non-hydrogen) atoms. The lowest BCUT2D eigenvalue weighted by molar-refractivity contribution is -0.140. The molecule has 1 amide bonds. The molecule has 0 atom stereocenters. The molecule has 7 nitrogen and oxygen atoms in total. The molecule has 2 aromatic heterocycles. The van der Waals surface area contributed by atoms with E-state index in [0.717, 1.165) is 52.7 Å². The van der Waals surface area contributed by atoms with Crippen LogP contribution in [0.2, 0.25) is 0 Å². The van der Waals surface area contributed by atoms with Gasteiger partial charge in [0.2, 0.25) is 5.91 Å². The van der Waals surface area contributed by atoms with Gasteiger partial charge >= 0.3 is 5.97 Å². The second-order valence-corrected chi connectivity index (χ2v) is 10.4. The fourth-order valence-electron chi connectivity index (χ4n) is 4.23. The maximum absolute atomic E-state index is 13.9. The third kappa shape index (κ3) is 5.36. The summed E-state index contributed by atoms with van der Waals surface area (Å²) in [7, 11) is 1.35. The van der Waals surface area contributed by atoms with Crippen molar-refractivity contribution in [2.24, 2.45) is 0 Å². The highest BCUT2D eigenvalue weighted by Crippen LogP contribution is 2.34. The summed E-state index contributed by atoms with van der Waals surface area (Å²) >= 11 is 2.88. The lowest BCUT2D eigenvalue weighted by Gasteiger charge is -2.14. The number of carbonyl (C=O) groups excluding carboxylic acids is 2. The van der Waals surface area contributed by atoms with Gasteiger partial charge in [-0.1, -0.05) is 36.4 Å². The van der Waals surface area contributed by atoms with E-state index in [4.69, 9.17) is 4.98 Å². The number of ether oxygens (including phenoxy) is 1. The smallest absolute Gasteiger partial charge is 0.305 e. The van der Waals surface area contributed by atoms with Gasteiger partial charge in [0.15, 0.2) is 5.16 Å². The van der Waals surface area contributed by atoms with E-state index in [9.17, 15) is 14.4 Å². The van der Waals surface area contributed by atoms with Crippen LogP contribution in [0.4, 0.5) is 0 Å². The zero-order valence-corrected chi connectivity index (χ0v) is 21.2. The number of para-hydroxylation sites is 1. The molecule has 180 valence electrons. The van der Waals surface area contributed by atoms with Crippen LogP contribution in [-0.4, -0.2) is 40.8 Å². The maximum atomic E-state index is 13.9. The number of esters is 1. The Hall–Kier alpha value is -2.65. The minimum atomic E-state index is -0.294. The number of carbonyl (C=O) groups is 2. The van der Waals surface area contributed by atoms with Crippen LogP contribution in [0.25, 0.3) is 15.9 Å². The summed E-state index contributed by atoms with van der Waals surface area (Å²) < 4.78 is 6.29. The predicted octanol–water partition coefficient (Wildman–Crippen LogP) is 4.19. The van der Waals surface area contributed by atoms with E-state index in [1.165, 1.54) is 30.2 Å². The summed E-state index contributed by atoms with van der Waals surface area (Å²) in [4.78, 5) is 44.5. The van der Waals surface area contributed by atoms with Crippen molar-refractivity contribution in [2.45, 2.75) is 57.0 Å². The fraction of sp³-hybridized carbons (Fsp3) is 0.440. The Labute approximate surface area is 206 Å². The standard InChI is InChI=1S/C25H29N3O4S2/c1-16-9-6-7-11-18(16)28-24(31)22-17-10-4-3-5-12-19(17)34-23(22)27-25(28)33-15-20(29)26-14-8-13-21(30)32-2/h6-7,9,11H,3-5,8,10,12-15H2,1-2H3,(H,26,29). The quantitative estimate of drug-likeness (QED) is 0.164. The number of aryl methyl sites for hydroxylation is 3. The monoisotopic (exact) mass is 499 g/mol. The molecular formula is C25H29N3O4S2. The highest BCUT2D eigenvalue weighted by Gasteiger charge is 2.23. The van der Waals surface area contributed by atoms with Crippen molar-refractivity contribution in [2.75, 3.05) is 19.4 Å². The molecule has 0 saturated carbocycles. The second-order valence-electron chi connectivity index (χ2n) is 8.38. The number of fused-ring (bicyclic) bond motifs is 3. The SMILES string of the molecule is COC(=O)CCCNC(=O)CSc1nc2sc3c(c2c(=O)n1-c1ccccc1C)CCCCC3. The first-order valence-electron chi connectivity index (χ1n) is 11.6. The van der Waals surface area contributed by atoms with Gasteiger partial charge in [-0.25, -0.2) is 4.98 Å². The third-order valence-electron chi connectivity index (χ3n) is 6.00. The molecule has 3 aromatic rings. The van der Waals surface area contributed by atoms with Crippen molar-refractivity contribution in [3.8, 4) is 5.69 Å². The Kier molecular flexibility index (Phi) is 8.05. The zero-order valence-electron chi connectivity index (χ0n) is 19.5. The number of benzene rings is 1. The van der Waals surface area contributed by atoms with E-state index in [0.29, 0.717) is 18.1 Å². The minimum Gasteiger partial charge on any atom is -0.469 e. The number of amides is 1. The average Bonchev–Trinajstić information content (AvgIpc) is 3.02. The van der Waals surface area contributed by atoms with Gasteiger partial charge in [-0.15, -0.1) is 11.3 Å². The maximum Gasteiger partial charge on any atom is 0.305 e. The van der Waals surface area contributed by atoms with Crippen LogP contribution in [0, 0.1) is 6.92 Å². The van der Waals surface area contributed by atoms with E-state index in [-0.39, 0.29) is 29.6 Å². The van der Waals surface area contributed by atoms with Crippen molar-refractivity contribution in [3.05, 3.63) is 50.6 Å². The van der Waals surface area contributed by atoms with Gasteiger partial charge in [0.25, 0.3) is 5.56 Å². The first-order valence-corrected chi connectivity index (χ1v) is 13.4. The number of hydrogen-bond donors (Lipinski definition) is 1. The highest BCUT2D eigenvalue weighted by molar-refractivity contribution is 7.99. The molecule has 0 bridgehead atoms. The van der Waals surface area contributed by atoms with Gasteiger partial charge in [-0.3, -0.25) is 19.0 Å². The number of aromatic nitrogens is 2. The Morgan fingerprint density at radius 3 is 2.79 bits per heavy atom. The third-order valence-corrected chi connectivity index (χ3v) is 8.13. The molecule has 9 heteroatoms. The number of nitrogens with one attached hydrogen (secondary N) is 1. The number of thiophene rings is 1. The molecule has 0 saturated heterocycles. The van der Waals surface area contributed by atoms with Crippen molar-refractivity contribution in [1.29, 1.82) is 0 Å². The molecule has 0 spiro atoms. The predicted molar refractivity (Wildman–Crippen MR) is 136 cm³/mol. The van der Waals surface area contributed by atoms with E-state index in [2.05, 4.69) is 10.1 Å². The summed E-state index contributed by atoms with van der Waals surface area (Å²) in [5.74, 6) is -0.326. The first kappa shape index (κ1) is 24.5. The van der Waals surface area contributed by atoms with E-state index >= 15 is 0 Å². The molecule has 0 aliphatic heterocycles. The van der Waals surface area contributed by atoms with Crippen molar-refractivity contribution in [1.82, 2.24) is 14.9 Å². The van der Waals surface area contributed by atoms with Gasteiger partial charge in [0, 0.05) is 17.8 Å². The molecule has 1 aliphatic rings. The lowest BCUT2D eigenvalue weighted by Crippen LogP contribution is -2.28. The van der Waals surface area contributed by atoms with Crippen molar-refractivity contribution in [3.63, 3.8) is 0 Å². The fourth-order valence-corrected chi connectivity index (χ4v) is 6.37. The molecule has 2 heterocycles. The number of thioether (sulfide) groups is 1. The summed E-state index contributed by atoms with van der Waals surface area (Å²) in [6, 6.07) is 7.76. The normalized spacial score (nSPS) is 13.4. The van der Waals surface area contributed by atoms with Gasteiger partial charge in [0.05, 0.1) is 23.9 Å². The van der Waals surface area contributed by atoms with Crippen LogP contribution in [-0.2, 0) is 27.2 Å². The Bertz CT molecular complexity index is 1270. The average molecular weight is 500 g/mol. The highest BCUT2D eigenvalue weighted by atomic mass is 32.2. The molecule has 0 radical (unpaired) electrons. The summed E-state index contributed by atoms with van der Waals surface area (Å²) in [6.45, 7) is 2.37. The van der Waals surface area contributed by atoms with E-state index in [1.54, 1.807) is 15.9 Å². The van der Waals surface area contributed by atoms with Crippen LogP contribution in [0.15, 0.2) is 34.2 Å². The molecule has 1 aromatic carbocycles. The Balaban J connectivity index is 1.64. The van der Waals surface area contributed by atoms with Crippen molar-refractivity contribution >= 4 is 45.2 Å². The lowest BCUT2D eigenvalue weighted by atomic mass is 10.1. The zero-order chi connectivity index (χ0) is 24.1. The molecule has 0 fully saturated rings. The van der Waals surface area contributed by atoms with Gasteiger partial charge in [0.1, 0.15) is 4.83 Å². The molecule has 0 unspecified atom stereocenters. The molecular weight excluding hydrogens is 470 g/mol. The van der Waals surface area contributed by atoms with Crippen LogP contribution >= 0.6 is 23.1 Å². The minimum absolute atomic E-state index is 0.0558. The van der Waals surface area contributed by atoms with Gasteiger partial charge in [-0.05, 0) is 56.2 Å². The van der Waals surface area contributed by atoms with Crippen molar-refractivity contribution < 1.29 is 14.3 Å². The summed E-state index contributed by atoms with van der Waals surface area (Å²) in [5, 5.41) is 4.08. The topological polar surface area (TPSA) is 90.3 Å². The summed E-state index contributed by atoms with van der Waals surface area (Å²) in [5.41, 5.74) is 2.87. The summed E-state index contributed by atoms with van der Waals surface area (Å²) in [6.07, 6.45) is 6.11. The van der Waals surface area contributed by atoms with E-state index in [1.807, 2.05) is 31.2 Å². The largest absolute Gasteiger partial charge is 0.469 e. The Morgan fingerprint density at radius 1 is 1.21 bits per heavy atom. The molecule has 1 N–H and O–H groups in total. The van der Waals surface area contributed by atoms with Crippen LogP contribution in [0.3, 0.4) is 0 Å². The van der Waals surface area contributed by atoms with Crippen LogP contribution in [0.5, 0.6) is 0 Å². The van der Waals surface area contributed by atoms with Crippen LogP contribution < -0.4 is 10.9 Å².